The van der Waals surface area contributed by atoms with Crippen molar-refractivity contribution in [3.8, 4) is 5.75 Å². The van der Waals surface area contributed by atoms with E-state index in [9.17, 15) is 14.4 Å². The summed E-state index contributed by atoms with van der Waals surface area (Å²) in [6.07, 6.45) is 7.19. The summed E-state index contributed by atoms with van der Waals surface area (Å²) in [6, 6.07) is 11.4. The van der Waals surface area contributed by atoms with E-state index in [0.717, 1.165) is 83.6 Å². The van der Waals surface area contributed by atoms with Crippen molar-refractivity contribution in [2.24, 2.45) is 5.92 Å². The van der Waals surface area contributed by atoms with Crippen LogP contribution in [0.15, 0.2) is 41.2 Å². The second-order valence-corrected chi connectivity index (χ2v) is 14.9. The summed E-state index contributed by atoms with van der Waals surface area (Å²) < 4.78 is 26.5. The van der Waals surface area contributed by atoms with Crippen LogP contribution in [0.2, 0.25) is 0 Å². The molecule has 1 atom stereocenters. The number of H-pyrrole nitrogens is 1. The number of benzene rings is 2. The number of carbonyl (C=O) groups is 2. The Bertz CT molecular complexity index is 1680. The molecule has 4 heterocycles. The number of ether oxygens (including phenoxy) is 2. The van der Waals surface area contributed by atoms with Crippen molar-refractivity contribution in [1.29, 1.82) is 0 Å². The lowest BCUT2D eigenvalue weighted by Gasteiger charge is -2.42. The SMILES string of the molecule is O=C1CCC(Nc2ccc(N3CCN(C4CCC(COc5cc(F)c6c(=O)[nH]c(CSC7CCOCC7)nc6c5)CC4)CC3)cc2)C(=O)N1. The number of imide groups is 1. The number of piperidine rings is 1. The van der Waals surface area contributed by atoms with Crippen molar-refractivity contribution >= 4 is 45.9 Å². The molecule has 0 radical (unpaired) electrons. The number of carbonyl (C=O) groups excluding carboxylic acids is 2. The van der Waals surface area contributed by atoms with E-state index in [0.29, 0.717) is 59.5 Å². The van der Waals surface area contributed by atoms with Crippen LogP contribution in [0.4, 0.5) is 15.8 Å². The smallest absolute Gasteiger partial charge is 0.261 e. The van der Waals surface area contributed by atoms with Crippen molar-refractivity contribution in [1.82, 2.24) is 20.2 Å². The number of piperazine rings is 1. The maximum absolute atomic E-state index is 15.0. The van der Waals surface area contributed by atoms with Crippen molar-refractivity contribution in [2.75, 3.05) is 56.2 Å². The highest BCUT2D eigenvalue weighted by atomic mass is 32.2. The Kier molecular flexibility index (Phi) is 10.7. The second kappa shape index (κ2) is 15.5. The fourth-order valence-electron chi connectivity index (χ4n) is 7.48. The monoisotopic (exact) mass is 692 g/mol. The number of nitrogens with one attached hydrogen (secondary N) is 3. The van der Waals surface area contributed by atoms with Gasteiger partial charge < -0.3 is 24.7 Å². The lowest BCUT2D eigenvalue weighted by atomic mass is 9.85. The minimum absolute atomic E-state index is 0.0217. The molecule has 3 N–H and O–H groups in total. The predicted molar refractivity (Wildman–Crippen MR) is 189 cm³/mol. The van der Waals surface area contributed by atoms with Crippen LogP contribution in [-0.4, -0.2) is 90.0 Å². The number of hydrogen-bond donors (Lipinski definition) is 3. The van der Waals surface area contributed by atoms with Crippen LogP contribution in [0.3, 0.4) is 0 Å². The summed E-state index contributed by atoms with van der Waals surface area (Å²) in [7, 11) is 0. The van der Waals surface area contributed by atoms with Crippen molar-refractivity contribution in [2.45, 2.75) is 74.5 Å². The van der Waals surface area contributed by atoms with E-state index in [-0.39, 0.29) is 23.2 Å². The van der Waals surface area contributed by atoms with Gasteiger partial charge in [-0.1, -0.05) is 0 Å². The largest absolute Gasteiger partial charge is 0.493 e. The fraction of sp³-hybridized carbons (Fsp3) is 0.556. The molecule has 4 fully saturated rings. The van der Waals surface area contributed by atoms with Crippen LogP contribution in [0.25, 0.3) is 10.9 Å². The molecule has 1 aromatic heterocycles. The third kappa shape index (κ3) is 8.38. The summed E-state index contributed by atoms with van der Waals surface area (Å²) >= 11 is 1.76. The molecule has 0 bridgehead atoms. The molecule has 49 heavy (non-hydrogen) atoms. The first kappa shape index (κ1) is 33.8. The van der Waals surface area contributed by atoms with Crippen LogP contribution in [0.5, 0.6) is 5.75 Å². The van der Waals surface area contributed by atoms with Gasteiger partial charge in [-0.05, 0) is 75.1 Å². The molecule has 3 aromatic rings. The van der Waals surface area contributed by atoms with Crippen molar-refractivity contribution in [3.63, 3.8) is 0 Å². The zero-order valence-corrected chi connectivity index (χ0v) is 28.6. The summed E-state index contributed by atoms with van der Waals surface area (Å²) in [5, 5.41) is 6.09. The van der Waals surface area contributed by atoms with Gasteiger partial charge in [-0.3, -0.25) is 24.6 Å². The highest BCUT2D eigenvalue weighted by molar-refractivity contribution is 7.99. The highest BCUT2D eigenvalue weighted by Gasteiger charge is 2.30. The summed E-state index contributed by atoms with van der Waals surface area (Å²) in [4.78, 5) is 48.6. The number of hydrogen-bond acceptors (Lipinski definition) is 10. The molecule has 1 saturated carbocycles. The van der Waals surface area contributed by atoms with Crippen LogP contribution >= 0.6 is 11.8 Å². The standard InChI is InChI=1S/C36H45FN6O5S/c37-29-19-27(20-31-34(29)36(46)40-32(39-31)22-49-28-11-17-47-18-12-28)48-21-23-1-5-25(6-2-23)42-13-15-43(16-14-42)26-7-3-24(4-8-26)38-30-9-10-33(44)41-35(30)45/h3-4,7-8,19-20,23,25,28,30,38H,1-2,5-6,9-18,21-22H2,(H,39,40,46)(H,41,44,45). The van der Waals surface area contributed by atoms with E-state index < -0.39 is 11.4 Å². The van der Waals surface area contributed by atoms with Crippen LogP contribution in [-0.2, 0) is 20.1 Å². The Labute approximate surface area is 289 Å². The van der Waals surface area contributed by atoms with E-state index in [2.05, 4.69) is 42.5 Å². The van der Waals surface area contributed by atoms with Gasteiger partial charge in [0.05, 0.1) is 17.9 Å². The van der Waals surface area contributed by atoms with E-state index in [1.807, 2.05) is 12.1 Å². The minimum Gasteiger partial charge on any atom is -0.493 e. The number of nitrogens with zero attached hydrogens (tertiary/aromatic N) is 3. The van der Waals surface area contributed by atoms with E-state index >= 15 is 4.39 Å². The summed E-state index contributed by atoms with van der Waals surface area (Å²) in [6.45, 7) is 6.00. The molecule has 1 aliphatic carbocycles. The number of aromatic nitrogens is 2. The van der Waals surface area contributed by atoms with Gasteiger partial charge in [-0.2, -0.15) is 11.8 Å². The first-order valence-corrected chi connectivity index (χ1v) is 18.7. The van der Waals surface area contributed by atoms with Gasteiger partial charge in [-0.15, -0.1) is 0 Å². The van der Waals surface area contributed by atoms with Crippen LogP contribution in [0.1, 0.15) is 57.2 Å². The first-order valence-electron chi connectivity index (χ1n) is 17.6. The van der Waals surface area contributed by atoms with Gasteiger partial charge in [0.25, 0.3) is 5.56 Å². The molecule has 11 nitrogen and oxygen atoms in total. The molecule has 3 saturated heterocycles. The molecule has 1 unspecified atom stereocenters. The Morgan fingerprint density at radius 3 is 2.45 bits per heavy atom. The van der Waals surface area contributed by atoms with Gasteiger partial charge in [0, 0.05) is 80.6 Å². The van der Waals surface area contributed by atoms with Gasteiger partial charge in [0.1, 0.15) is 28.8 Å². The van der Waals surface area contributed by atoms with Crippen LogP contribution in [0, 0.1) is 11.7 Å². The number of halogens is 1. The van der Waals surface area contributed by atoms with Gasteiger partial charge in [0.2, 0.25) is 11.8 Å². The third-order valence-electron chi connectivity index (χ3n) is 10.4. The molecule has 13 heteroatoms. The average Bonchev–Trinajstić information content (AvgIpc) is 3.12. The second-order valence-electron chi connectivity index (χ2n) is 13.6. The van der Waals surface area contributed by atoms with E-state index in [1.165, 1.54) is 11.8 Å². The molecule has 3 aliphatic heterocycles. The molecule has 262 valence electrons. The molecule has 2 aromatic carbocycles. The van der Waals surface area contributed by atoms with Crippen LogP contribution < -0.4 is 25.8 Å². The fourth-order valence-corrected chi connectivity index (χ4v) is 8.53. The number of thioether (sulfide) groups is 1. The quantitative estimate of drug-likeness (QED) is 0.262. The molecule has 4 aliphatic rings. The maximum Gasteiger partial charge on any atom is 0.261 e. The van der Waals surface area contributed by atoms with Gasteiger partial charge in [0.15, 0.2) is 0 Å². The molecule has 0 spiro atoms. The number of fused-ring (bicyclic) bond motifs is 1. The lowest BCUT2D eigenvalue weighted by molar-refractivity contribution is -0.133. The Balaban J connectivity index is 0.856. The zero-order valence-electron chi connectivity index (χ0n) is 27.8. The predicted octanol–water partition coefficient (Wildman–Crippen LogP) is 4.45. The first-order chi connectivity index (χ1) is 23.9. The molecular weight excluding hydrogens is 647 g/mol. The van der Waals surface area contributed by atoms with Crippen molar-refractivity contribution < 1.29 is 23.5 Å². The Morgan fingerprint density at radius 2 is 1.71 bits per heavy atom. The minimum atomic E-state index is -0.604. The lowest BCUT2D eigenvalue weighted by Crippen LogP contribution is -2.51. The van der Waals surface area contributed by atoms with Gasteiger partial charge >= 0.3 is 0 Å². The van der Waals surface area contributed by atoms with Crippen molar-refractivity contribution in [3.05, 3.63) is 58.4 Å². The number of amides is 2. The summed E-state index contributed by atoms with van der Waals surface area (Å²) in [5.74, 6) is 0.873. The third-order valence-corrected chi connectivity index (χ3v) is 11.7. The number of rotatable bonds is 10. The summed E-state index contributed by atoms with van der Waals surface area (Å²) in [5.41, 5.74) is 1.93. The highest BCUT2D eigenvalue weighted by Crippen LogP contribution is 2.31. The average molecular weight is 693 g/mol. The number of anilines is 2. The van der Waals surface area contributed by atoms with E-state index in [1.54, 1.807) is 17.8 Å². The van der Waals surface area contributed by atoms with Gasteiger partial charge in [-0.25, -0.2) is 9.37 Å². The Morgan fingerprint density at radius 1 is 0.959 bits per heavy atom. The number of aromatic amines is 1. The normalized spacial score (nSPS) is 24.2. The van der Waals surface area contributed by atoms with E-state index in [4.69, 9.17) is 9.47 Å². The molecule has 7 rings (SSSR count). The Hall–Kier alpha value is -3.68. The zero-order chi connectivity index (χ0) is 33.7. The molecular formula is C36H45FN6O5S. The molecule has 2 amide bonds. The maximum atomic E-state index is 15.0. The topological polar surface area (TPSA) is 129 Å².